The molecule has 2 rings (SSSR count). The monoisotopic (exact) mass is 301 g/mol. The highest BCUT2D eigenvalue weighted by atomic mass is 79.9. The van der Waals surface area contributed by atoms with E-state index in [1.165, 1.54) is 5.56 Å². The van der Waals surface area contributed by atoms with E-state index >= 15 is 0 Å². The Balaban J connectivity index is 2.14. The van der Waals surface area contributed by atoms with Crippen molar-refractivity contribution in [2.75, 3.05) is 5.32 Å². The summed E-state index contributed by atoms with van der Waals surface area (Å²) in [4.78, 5) is 4.03. The van der Waals surface area contributed by atoms with Crippen LogP contribution in [0.2, 0.25) is 0 Å². The van der Waals surface area contributed by atoms with Crippen molar-refractivity contribution in [2.24, 2.45) is 0 Å². The van der Waals surface area contributed by atoms with E-state index in [0.717, 1.165) is 15.7 Å². The molecule has 1 aromatic heterocycles. The Labute approximate surface area is 115 Å². The summed E-state index contributed by atoms with van der Waals surface area (Å²) in [5.41, 5.74) is 3.57. The van der Waals surface area contributed by atoms with Crippen molar-refractivity contribution < 1.29 is 0 Å². The molecule has 0 bridgehead atoms. The van der Waals surface area contributed by atoms with Crippen molar-refractivity contribution in [3.63, 3.8) is 0 Å². The Hall–Kier alpha value is -1.86. The molecule has 3 nitrogen and oxygen atoms in total. The van der Waals surface area contributed by atoms with E-state index in [4.69, 9.17) is 5.26 Å². The van der Waals surface area contributed by atoms with Gasteiger partial charge in [-0.25, -0.2) is 4.98 Å². The highest BCUT2D eigenvalue weighted by Crippen LogP contribution is 2.24. The molecule has 4 heteroatoms. The number of pyridine rings is 1. The predicted octanol–water partition coefficient (Wildman–Crippen LogP) is 3.64. The smallest absolute Gasteiger partial charge is 0.145 e. The van der Waals surface area contributed by atoms with Crippen molar-refractivity contribution >= 4 is 21.6 Å². The lowest BCUT2D eigenvalue weighted by Crippen LogP contribution is -2.03. The SMILES string of the molecule is Cc1ccc(NCc2cccnc2C#N)c(Br)c1. The molecule has 0 radical (unpaired) electrons. The zero-order valence-electron chi connectivity index (χ0n) is 9.94. The molecule has 18 heavy (non-hydrogen) atoms. The fraction of sp³-hybridized carbons (Fsp3) is 0.143. The van der Waals surface area contributed by atoms with Crippen LogP contribution in [0, 0.1) is 18.3 Å². The Kier molecular flexibility index (Phi) is 3.96. The van der Waals surface area contributed by atoms with Gasteiger partial charge in [0.05, 0.1) is 0 Å². The second-order valence-electron chi connectivity index (χ2n) is 3.96. The molecule has 0 amide bonds. The first-order chi connectivity index (χ1) is 8.70. The number of anilines is 1. The summed E-state index contributed by atoms with van der Waals surface area (Å²) < 4.78 is 1.02. The van der Waals surface area contributed by atoms with E-state index in [-0.39, 0.29) is 0 Å². The van der Waals surface area contributed by atoms with Crippen LogP contribution in [0.15, 0.2) is 41.0 Å². The lowest BCUT2D eigenvalue weighted by molar-refractivity contribution is 1.09. The van der Waals surface area contributed by atoms with Gasteiger partial charge in [-0.3, -0.25) is 0 Å². The van der Waals surface area contributed by atoms with Crippen molar-refractivity contribution in [1.29, 1.82) is 5.26 Å². The molecule has 2 aromatic rings. The minimum Gasteiger partial charge on any atom is -0.380 e. The lowest BCUT2D eigenvalue weighted by atomic mass is 10.2. The lowest BCUT2D eigenvalue weighted by Gasteiger charge is -2.09. The van der Waals surface area contributed by atoms with Crippen molar-refractivity contribution in [2.45, 2.75) is 13.5 Å². The summed E-state index contributed by atoms with van der Waals surface area (Å²) in [7, 11) is 0. The Morgan fingerprint density at radius 2 is 2.22 bits per heavy atom. The predicted molar refractivity (Wildman–Crippen MR) is 75.2 cm³/mol. The van der Waals surface area contributed by atoms with E-state index in [1.807, 2.05) is 31.2 Å². The topological polar surface area (TPSA) is 48.7 Å². The fourth-order valence-corrected chi connectivity index (χ4v) is 2.27. The molecule has 0 spiro atoms. The maximum absolute atomic E-state index is 8.96. The molecular weight excluding hydrogens is 290 g/mol. The van der Waals surface area contributed by atoms with Gasteiger partial charge in [-0.05, 0) is 46.6 Å². The Bertz CT molecular complexity index is 602. The van der Waals surface area contributed by atoms with Gasteiger partial charge in [0.25, 0.3) is 0 Å². The molecule has 0 unspecified atom stereocenters. The summed E-state index contributed by atoms with van der Waals surface area (Å²) in [6, 6.07) is 11.9. The number of hydrogen-bond acceptors (Lipinski definition) is 3. The molecule has 0 saturated heterocycles. The average molecular weight is 302 g/mol. The first-order valence-electron chi connectivity index (χ1n) is 5.54. The van der Waals surface area contributed by atoms with Gasteiger partial charge >= 0.3 is 0 Å². The molecule has 0 fully saturated rings. The van der Waals surface area contributed by atoms with E-state index in [9.17, 15) is 0 Å². The van der Waals surface area contributed by atoms with Crippen LogP contribution in [-0.2, 0) is 6.54 Å². The van der Waals surface area contributed by atoms with Crippen LogP contribution in [0.25, 0.3) is 0 Å². The third-order valence-electron chi connectivity index (χ3n) is 2.59. The van der Waals surface area contributed by atoms with Gasteiger partial charge in [-0.1, -0.05) is 12.1 Å². The number of halogens is 1. The van der Waals surface area contributed by atoms with Crippen LogP contribution in [0.3, 0.4) is 0 Å². The number of aromatic nitrogens is 1. The molecule has 1 N–H and O–H groups in total. The summed E-state index contributed by atoms with van der Waals surface area (Å²) >= 11 is 3.51. The molecule has 0 atom stereocenters. The van der Waals surface area contributed by atoms with Crippen LogP contribution < -0.4 is 5.32 Å². The third kappa shape index (κ3) is 2.88. The molecule has 0 aliphatic rings. The second-order valence-corrected chi connectivity index (χ2v) is 4.81. The number of hydrogen-bond donors (Lipinski definition) is 1. The van der Waals surface area contributed by atoms with Crippen LogP contribution >= 0.6 is 15.9 Å². The molecule has 0 aliphatic heterocycles. The molecular formula is C14H12BrN3. The normalized spacial score (nSPS) is 9.83. The van der Waals surface area contributed by atoms with Gasteiger partial charge in [0, 0.05) is 28.5 Å². The number of rotatable bonds is 3. The van der Waals surface area contributed by atoms with Crippen LogP contribution in [0.1, 0.15) is 16.8 Å². The number of nitriles is 1. The van der Waals surface area contributed by atoms with Crippen LogP contribution in [0.4, 0.5) is 5.69 Å². The van der Waals surface area contributed by atoms with Gasteiger partial charge in [0.15, 0.2) is 0 Å². The zero-order chi connectivity index (χ0) is 13.0. The van der Waals surface area contributed by atoms with Gasteiger partial charge < -0.3 is 5.32 Å². The number of nitrogens with zero attached hydrogens (tertiary/aromatic N) is 2. The summed E-state index contributed by atoms with van der Waals surface area (Å²) in [6.45, 7) is 2.63. The summed E-state index contributed by atoms with van der Waals surface area (Å²) in [5.74, 6) is 0. The van der Waals surface area contributed by atoms with E-state index in [2.05, 4.69) is 38.4 Å². The maximum Gasteiger partial charge on any atom is 0.145 e. The molecule has 1 heterocycles. The largest absolute Gasteiger partial charge is 0.380 e. The van der Waals surface area contributed by atoms with Crippen LogP contribution in [0.5, 0.6) is 0 Å². The van der Waals surface area contributed by atoms with Crippen molar-refractivity contribution in [1.82, 2.24) is 4.98 Å². The summed E-state index contributed by atoms with van der Waals surface area (Å²) in [6.07, 6.45) is 1.63. The summed E-state index contributed by atoms with van der Waals surface area (Å²) in [5, 5.41) is 12.3. The number of nitrogens with one attached hydrogen (secondary N) is 1. The van der Waals surface area contributed by atoms with E-state index in [1.54, 1.807) is 6.20 Å². The minimum absolute atomic E-state index is 0.466. The molecule has 1 aromatic carbocycles. The van der Waals surface area contributed by atoms with Gasteiger partial charge in [-0.2, -0.15) is 5.26 Å². The zero-order valence-corrected chi connectivity index (χ0v) is 11.5. The first-order valence-corrected chi connectivity index (χ1v) is 6.34. The highest BCUT2D eigenvalue weighted by Gasteiger charge is 2.04. The quantitative estimate of drug-likeness (QED) is 0.941. The number of benzene rings is 1. The Morgan fingerprint density at radius 3 is 2.94 bits per heavy atom. The molecule has 90 valence electrons. The average Bonchev–Trinajstić information content (AvgIpc) is 2.38. The third-order valence-corrected chi connectivity index (χ3v) is 3.25. The van der Waals surface area contributed by atoms with Crippen LogP contribution in [-0.4, -0.2) is 4.98 Å². The first kappa shape index (κ1) is 12.6. The van der Waals surface area contributed by atoms with E-state index in [0.29, 0.717) is 12.2 Å². The van der Waals surface area contributed by atoms with Gasteiger partial charge in [0.1, 0.15) is 11.8 Å². The van der Waals surface area contributed by atoms with E-state index < -0.39 is 0 Å². The Morgan fingerprint density at radius 1 is 1.39 bits per heavy atom. The fourth-order valence-electron chi connectivity index (χ4n) is 1.64. The molecule has 0 saturated carbocycles. The van der Waals surface area contributed by atoms with Crippen molar-refractivity contribution in [3.05, 3.63) is 57.8 Å². The minimum atomic E-state index is 0.466. The van der Waals surface area contributed by atoms with Gasteiger partial charge in [0.2, 0.25) is 0 Å². The molecule has 0 aliphatic carbocycles. The number of aryl methyl sites for hydroxylation is 1. The standard InChI is InChI=1S/C14H12BrN3/c1-10-4-5-13(12(15)7-10)18-9-11-3-2-6-17-14(11)8-16/h2-7,18H,9H2,1H3. The van der Waals surface area contributed by atoms with Gasteiger partial charge in [-0.15, -0.1) is 0 Å². The highest BCUT2D eigenvalue weighted by molar-refractivity contribution is 9.10. The maximum atomic E-state index is 8.96. The van der Waals surface area contributed by atoms with Crippen molar-refractivity contribution in [3.8, 4) is 6.07 Å². The second kappa shape index (κ2) is 5.65.